The maximum atomic E-state index is 13.5. The van der Waals surface area contributed by atoms with E-state index in [2.05, 4.69) is 10.1 Å². The van der Waals surface area contributed by atoms with Crippen LogP contribution in [0.1, 0.15) is 5.56 Å². The molecule has 0 amide bonds. The Kier molecular flexibility index (Phi) is 5.90. The number of thiophene rings is 1. The predicted octanol–water partition coefficient (Wildman–Crippen LogP) is 4.62. The average Bonchev–Trinajstić information content (AvgIpc) is 3.48. The monoisotopic (exact) mass is 471 g/mol. The minimum Gasteiger partial charge on any atom is -0.497 e. The quantitative estimate of drug-likeness (QED) is 0.388. The van der Waals surface area contributed by atoms with Crippen LogP contribution in [0.5, 0.6) is 11.5 Å². The minimum atomic E-state index is -3.93. The number of hydrogen-bond donors (Lipinski definition) is 0. The molecular formula is C22H21N3O5S2. The normalized spacial score (nSPS) is 11.4. The number of hydrogen-bond acceptors (Lipinski definition) is 8. The Morgan fingerprint density at radius 1 is 1.00 bits per heavy atom. The number of sulfonamides is 1. The van der Waals surface area contributed by atoms with Gasteiger partial charge in [0.15, 0.2) is 0 Å². The summed E-state index contributed by atoms with van der Waals surface area (Å²) < 4.78 is 44.0. The van der Waals surface area contributed by atoms with E-state index < -0.39 is 10.0 Å². The molecule has 0 aliphatic carbocycles. The highest BCUT2D eigenvalue weighted by Crippen LogP contribution is 2.37. The van der Waals surface area contributed by atoms with Crippen LogP contribution in [0.2, 0.25) is 0 Å². The fourth-order valence-electron chi connectivity index (χ4n) is 3.05. The van der Waals surface area contributed by atoms with Crippen molar-refractivity contribution in [1.29, 1.82) is 0 Å². The van der Waals surface area contributed by atoms with Gasteiger partial charge in [0, 0.05) is 30.8 Å². The summed E-state index contributed by atoms with van der Waals surface area (Å²) in [5.74, 6) is 1.49. The summed E-state index contributed by atoms with van der Waals surface area (Å²) in [7, 11) is 0.546. The number of ether oxygens (including phenoxy) is 2. The van der Waals surface area contributed by atoms with Gasteiger partial charge in [-0.3, -0.25) is 4.31 Å². The zero-order valence-electron chi connectivity index (χ0n) is 17.9. The molecule has 2 aromatic carbocycles. The van der Waals surface area contributed by atoms with E-state index in [1.54, 1.807) is 23.6 Å². The van der Waals surface area contributed by atoms with Crippen LogP contribution in [-0.4, -0.2) is 39.8 Å². The maximum absolute atomic E-state index is 13.5. The zero-order chi connectivity index (χ0) is 22.9. The van der Waals surface area contributed by atoms with Crippen molar-refractivity contribution in [2.24, 2.45) is 0 Å². The van der Waals surface area contributed by atoms with Crippen molar-refractivity contribution >= 4 is 27.0 Å². The van der Waals surface area contributed by atoms with E-state index in [0.29, 0.717) is 27.9 Å². The lowest BCUT2D eigenvalue weighted by molar-refractivity contribution is 0.394. The Hall–Kier alpha value is -3.37. The molecular weight excluding hydrogens is 450 g/mol. The summed E-state index contributed by atoms with van der Waals surface area (Å²) >= 11 is 1.22. The lowest BCUT2D eigenvalue weighted by Crippen LogP contribution is -2.26. The van der Waals surface area contributed by atoms with E-state index in [0.717, 1.165) is 11.1 Å². The molecule has 0 aliphatic heterocycles. The summed E-state index contributed by atoms with van der Waals surface area (Å²) in [5.41, 5.74) is 2.29. The molecule has 0 N–H and O–H groups in total. The van der Waals surface area contributed by atoms with Gasteiger partial charge in [-0.05, 0) is 18.4 Å². The molecule has 2 heterocycles. The van der Waals surface area contributed by atoms with E-state index in [4.69, 9.17) is 14.0 Å². The van der Waals surface area contributed by atoms with Gasteiger partial charge in [-0.2, -0.15) is 4.98 Å². The second-order valence-corrected chi connectivity index (χ2v) is 9.80. The fourth-order valence-corrected chi connectivity index (χ4v) is 5.55. The van der Waals surface area contributed by atoms with Gasteiger partial charge in [-0.25, -0.2) is 8.42 Å². The third-order valence-electron chi connectivity index (χ3n) is 4.90. The van der Waals surface area contributed by atoms with Gasteiger partial charge < -0.3 is 14.0 Å². The number of rotatable bonds is 7. The molecule has 10 heteroatoms. The molecule has 0 unspecified atom stereocenters. The molecule has 0 bridgehead atoms. The highest BCUT2D eigenvalue weighted by molar-refractivity contribution is 7.93. The van der Waals surface area contributed by atoms with Crippen molar-refractivity contribution in [2.75, 3.05) is 25.6 Å². The zero-order valence-corrected chi connectivity index (χ0v) is 19.5. The Morgan fingerprint density at radius 3 is 2.28 bits per heavy atom. The number of nitrogens with zero attached hydrogens (tertiary/aromatic N) is 3. The third-order valence-corrected chi connectivity index (χ3v) is 7.76. The molecule has 0 saturated heterocycles. The van der Waals surface area contributed by atoms with Gasteiger partial charge in [0.2, 0.25) is 5.82 Å². The molecule has 0 saturated carbocycles. The first-order valence-electron chi connectivity index (χ1n) is 9.54. The number of aromatic nitrogens is 2. The lowest BCUT2D eigenvalue weighted by Gasteiger charge is -2.20. The van der Waals surface area contributed by atoms with Crippen LogP contribution >= 0.6 is 11.3 Å². The standard InChI is InChI=1S/C22H21N3O5S2/c1-14-5-7-15(8-6-14)21-23-22(30-24-21)20-19(9-10-31-20)32(26,27)25(2)16-11-17(28-3)13-18(12-16)29-4/h5-13H,1-4H3. The second-order valence-electron chi connectivity index (χ2n) is 6.95. The highest BCUT2D eigenvalue weighted by Gasteiger charge is 2.29. The van der Waals surface area contributed by atoms with E-state index in [9.17, 15) is 8.42 Å². The topological polar surface area (TPSA) is 94.8 Å². The van der Waals surface area contributed by atoms with Crippen molar-refractivity contribution in [3.05, 3.63) is 59.5 Å². The first kappa shape index (κ1) is 21.8. The van der Waals surface area contributed by atoms with Gasteiger partial charge >= 0.3 is 0 Å². The summed E-state index contributed by atoms with van der Waals surface area (Å²) in [6, 6.07) is 14.1. The lowest BCUT2D eigenvalue weighted by atomic mass is 10.1. The van der Waals surface area contributed by atoms with Crippen LogP contribution in [0.4, 0.5) is 5.69 Å². The molecule has 166 valence electrons. The third kappa shape index (κ3) is 4.06. The van der Waals surface area contributed by atoms with Gasteiger partial charge in [-0.1, -0.05) is 35.0 Å². The predicted molar refractivity (Wildman–Crippen MR) is 123 cm³/mol. The maximum Gasteiger partial charge on any atom is 0.269 e. The largest absolute Gasteiger partial charge is 0.497 e. The summed E-state index contributed by atoms with van der Waals surface area (Å²) in [6.45, 7) is 1.99. The minimum absolute atomic E-state index is 0.0749. The van der Waals surface area contributed by atoms with Gasteiger partial charge in [0.25, 0.3) is 15.9 Å². The number of methoxy groups -OCH3 is 2. The first-order chi connectivity index (χ1) is 15.3. The van der Waals surface area contributed by atoms with Crippen molar-refractivity contribution in [2.45, 2.75) is 11.8 Å². The van der Waals surface area contributed by atoms with Crippen LogP contribution in [0, 0.1) is 6.92 Å². The fraction of sp³-hybridized carbons (Fsp3) is 0.182. The average molecular weight is 472 g/mol. The van der Waals surface area contributed by atoms with Crippen molar-refractivity contribution in [1.82, 2.24) is 10.1 Å². The summed E-state index contributed by atoms with van der Waals surface area (Å²) in [5, 5.41) is 5.70. The summed E-state index contributed by atoms with van der Waals surface area (Å²) in [6.07, 6.45) is 0. The Bertz CT molecular complexity index is 1320. The summed E-state index contributed by atoms with van der Waals surface area (Å²) in [4.78, 5) is 4.87. The van der Waals surface area contributed by atoms with Crippen LogP contribution in [-0.2, 0) is 10.0 Å². The smallest absolute Gasteiger partial charge is 0.269 e. The second kappa shape index (κ2) is 8.64. The van der Waals surface area contributed by atoms with E-state index >= 15 is 0 Å². The molecule has 4 aromatic rings. The SMILES string of the molecule is COc1cc(OC)cc(N(C)S(=O)(=O)c2ccsc2-c2nc(-c3ccc(C)cc3)no2)c1. The van der Waals surface area contributed by atoms with Crippen molar-refractivity contribution in [3.63, 3.8) is 0 Å². The van der Waals surface area contributed by atoms with Crippen molar-refractivity contribution in [3.8, 4) is 33.7 Å². The Morgan fingerprint density at radius 2 is 1.66 bits per heavy atom. The van der Waals surface area contributed by atoms with Gasteiger partial charge in [-0.15, -0.1) is 11.3 Å². The Balaban J connectivity index is 1.71. The number of aryl methyl sites for hydroxylation is 1. The molecule has 8 nitrogen and oxygen atoms in total. The van der Waals surface area contributed by atoms with Crippen LogP contribution in [0.3, 0.4) is 0 Å². The molecule has 0 aliphatic rings. The molecule has 2 aromatic heterocycles. The van der Waals surface area contributed by atoms with Gasteiger partial charge in [0.05, 0.1) is 19.9 Å². The van der Waals surface area contributed by atoms with Crippen LogP contribution in [0.15, 0.2) is 63.3 Å². The molecule has 0 atom stereocenters. The first-order valence-corrected chi connectivity index (χ1v) is 11.9. The Labute approximate surface area is 190 Å². The molecule has 0 spiro atoms. The number of benzene rings is 2. The molecule has 4 rings (SSSR count). The number of anilines is 1. The van der Waals surface area contributed by atoms with Gasteiger partial charge in [0.1, 0.15) is 21.3 Å². The molecule has 32 heavy (non-hydrogen) atoms. The van der Waals surface area contributed by atoms with Crippen molar-refractivity contribution < 1.29 is 22.4 Å². The highest BCUT2D eigenvalue weighted by atomic mass is 32.2. The van der Waals surface area contributed by atoms with E-state index in [-0.39, 0.29) is 10.8 Å². The van der Waals surface area contributed by atoms with Crippen LogP contribution < -0.4 is 13.8 Å². The van der Waals surface area contributed by atoms with Crippen LogP contribution in [0.25, 0.3) is 22.2 Å². The molecule has 0 radical (unpaired) electrons. The molecule has 0 fully saturated rings. The van der Waals surface area contributed by atoms with E-state index in [1.165, 1.54) is 43.0 Å². The van der Waals surface area contributed by atoms with E-state index in [1.807, 2.05) is 31.2 Å².